The Balaban J connectivity index is 1.88. The van der Waals surface area contributed by atoms with Crippen LogP contribution in [0.5, 0.6) is 11.5 Å². The van der Waals surface area contributed by atoms with Gasteiger partial charge < -0.3 is 19.8 Å². The molecule has 0 saturated carbocycles. The standard InChI is InChI=1S/C20H24ClN3O2/c1-25-18-8-5-14(12-19(18)26-2)9-11-24-17-13-15(21)6-7-16(17)23-20(24)4-3-10-22/h5-8,12-13H,3-4,9-11,22H2,1-2H3. The first-order valence-corrected chi connectivity index (χ1v) is 9.09. The molecule has 0 atom stereocenters. The van der Waals surface area contributed by atoms with Crippen LogP contribution in [-0.4, -0.2) is 30.3 Å². The highest BCUT2D eigenvalue weighted by atomic mass is 35.5. The van der Waals surface area contributed by atoms with Crippen LogP contribution in [0.1, 0.15) is 17.8 Å². The van der Waals surface area contributed by atoms with E-state index >= 15 is 0 Å². The minimum atomic E-state index is 0.652. The molecule has 0 radical (unpaired) electrons. The van der Waals surface area contributed by atoms with E-state index in [0.717, 1.165) is 59.2 Å². The summed E-state index contributed by atoms with van der Waals surface area (Å²) in [6.45, 7) is 1.46. The molecular formula is C20H24ClN3O2. The zero-order valence-electron chi connectivity index (χ0n) is 15.2. The predicted molar refractivity (Wildman–Crippen MR) is 105 cm³/mol. The summed E-state index contributed by atoms with van der Waals surface area (Å²) < 4.78 is 13.0. The van der Waals surface area contributed by atoms with Crippen LogP contribution in [0, 0.1) is 0 Å². The number of nitrogens with two attached hydrogens (primary N) is 1. The molecule has 2 aromatic carbocycles. The van der Waals surface area contributed by atoms with Crippen molar-refractivity contribution in [2.75, 3.05) is 20.8 Å². The fourth-order valence-electron chi connectivity index (χ4n) is 3.12. The number of hydrogen-bond donors (Lipinski definition) is 1. The van der Waals surface area contributed by atoms with Gasteiger partial charge in [0, 0.05) is 18.0 Å². The Morgan fingerprint density at radius 2 is 1.85 bits per heavy atom. The number of methoxy groups -OCH3 is 2. The highest BCUT2D eigenvalue weighted by Crippen LogP contribution is 2.28. The topological polar surface area (TPSA) is 62.3 Å². The lowest BCUT2D eigenvalue weighted by Gasteiger charge is -2.12. The maximum absolute atomic E-state index is 6.20. The Morgan fingerprint density at radius 1 is 1.04 bits per heavy atom. The van der Waals surface area contributed by atoms with Crippen molar-refractivity contribution >= 4 is 22.6 Å². The van der Waals surface area contributed by atoms with Crippen molar-refractivity contribution in [3.63, 3.8) is 0 Å². The molecule has 3 rings (SSSR count). The van der Waals surface area contributed by atoms with E-state index in [9.17, 15) is 0 Å². The molecule has 0 spiro atoms. The maximum atomic E-state index is 6.20. The van der Waals surface area contributed by atoms with Crippen LogP contribution in [0.4, 0.5) is 0 Å². The summed E-state index contributed by atoms with van der Waals surface area (Å²) in [5.41, 5.74) is 8.89. The Hall–Kier alpha value is -2.24. The van der Waals surface area contributed by atoms with Gasteiger partial charge in [-0.15, -0.1) is 0 Å². The van der Waals surface area contributed by atoms with E-state index in [1.54, 1.807) is 14.2 Å². The molecule has 2 N–H and O–H groups in total. The summed E-state index contributed by atoms with van der Waals surface area (Å²) in [7, 11) is 3.29. The van der Waals surface area contributed by atoms with E-state index in [0.29, 0.717) is 6.54 Å². The lowest BCUT2D eigenvalue weighted by atomic mass is 10.1. The normalized spacial score (nSPS) is 11.1. The smallest absolute Gasteiger partial charge is 0.160 e. The number of halogens is 1. The number of hydrogen-bond acceptors (Lipinski definition) is 4. The highest BCUT2D eigenvalue weighted by molar-refractivity contribution is 6.31. The van der Waals surface area contributed by atoms with Crippen LogP contribution < -0.4 is 15.2 Å². The molecule has 0 aliphatic rings. The predicted octanol–water partition coefficient (Wildman–Crippen LogP) is 3.84. The van der Waals surface area contributed by atoms with Gasteiger partial charge in [-0.3, -0.25) is 0 Å². The first-order chi connectivity index (χ1) is 12.7. The number of aryl methyl sites for hydroxylation is 3. The van der Waals surface area contributed by atoms with E-state index in [4.69, 9.17) is 31.8 Å². The van der Waals surface area contributed by atoms with Gasteiger partial charge >= 0.3 is 0 Å². The molecule has 0 fully saturated rings. The van der Waals surface area contributed by atoms with Crippen LogP contribution >= 0.6 is 11.6 Å². The lowest BCUT2D eigenvalue weighted by Crippen LogP contribution is -2.09. The Morgan fingerprint density at radius 3 is 2.58 bits per heavy atom. The van der Waals surface area contributed by atoms with Crippen LogP contribution in [0.15, 0.2) is 36.4 Å². The first kappa shape index (κ1) is 18.5. The summed E-state index contributed by atoms with van der Waals surface area (Å²) in [6.07, 6.45) is 2.62. The molecule has 0 aliphatic carbocycles. The van der Waals surface area contributed by atoms with Gasteiger partial charge in [-0.25, -0.2) is 4.98 Å². The SMILES string of the molecule is COc1ccc(CCn2c(CCCN)nc3ccc(Cl)cc32)cc1OC. The molecule has 1 heterocycles. The van der Waals surface area contributed by atoms with E-state index in [1.165, 1.54) is 5.56 Å². The summed E-state index contributed by atoms with van der Waals surface area (Å²) in [4.78, 5) is 4.77. The minimum Gasteiger partial charge on any atom is -0.493 e. The molecule has 1 aromatic heterocycles. The molecule has 0 unspecified atom stereocenters. The second-order valence-electron chi connectivity index (χ2n) is 6.14. The van der Waals surface area contributed by atoms with Crippen molar-refractivity contribution in [2.45, 2.75) is 25.8 Å². The number of aromatic nitrogens is 2. The minimum absolute atomic E-state index is 0.652. The molecule has 0 amide bonds. The van der Waals surface area contributed by atoms with E-state index in [1.807, 2.05) is 30.3 Å². The summed E-state index contributed by atoms with van der Waals surface area (Å²) in [5.74, 6) is 2.53. The molecule has 6 heteroatoms. The zero-order chi connectivity index (χ0) is 18.5. The third-order valence-electron chi connectivity index (χ3n) is 4.47. The summed E-state index contributed by atoms with van der Waals surface area (Å²) in [6, 6.07) is 11.8. The zero-order valence-corrected chi connectivity index (χ0v) is 15.9. The average molecular weight is 374 g/mol. The molecular weight excluding hydrogens is 350 g/mol. The van der Waals surface area contributed by atoms with Gasteiger partial charge in [0.2, 0.25) is 0 Å². The number of nitrogens with zero attached hydrogens (tertiary/aromatic N) is 2. The lowest BCUT2D eigenvalue weighted by molar-refractivity contribution is 0.354. The van der Waals surface area contributed by atoms with Crippen molar-refractivity contribution in [3.05, 3.63) is 52.8 Å². The largest absolute Gasteiger partial charge is 0.493 e. The van der Waals surface area contributed by atoms with Crippen LogP contribution in [0.3, 0.4) is 0 Å². The number of ether oxygens (including phenoxy) is 2. The van der Waals surface area contributed by atoms with Crippen LogP contribution in [0.2, 0.25) is 5.02 Å². The quantitative estimate of drug-likeness (QED) is 0.651. The van der Waals surface area contributed by atoms with Crippen LogP contribution in [0.25, 0.3) is 11.0 Å². The van der Waals surface area contributed by atoms with Gasteiger partial charge in [0.1, 0.15) is 5.82 Å². The number of rotatable bonds is 8. The van der Waals surface area contributed by atoms with Crippen molar-refractivity contribution in [3.8, 4) is 11.5 Å². The van der Waals surface area contributed by atoms with Gasteiger partial charge in [-0.05, 0) is 55.3 Å². The maximum Gasteiger partial charge on any atom is 0.160 e. The molecule has 0 bridgehead atoms. The van der Waals surface area contributed by atoms with Crippen molar-refractivity contribution in [2.24, 2.45) is 5.73 Å². The van der Waals surface area contributed by atoms with Gasteiger partial charge in [-0.1, -0.05) is 17.7 Å². The fraction of sp³-hybridized carbons (Fsp3) is 0.350. The van der Waals surface area contributed by atoms with Crippen molar-refractivity contribution in [1.82, 2.24) is 9.55 Å². The summed E-state index contributed by atoms with van der Waals surface area (Å²) >= 11 is 6.20. The van der Waals surface area contributed by atoms with E-state index in [2.05, 4.69) is 10.6 Å². The highest BCUT2D eigenvalue weighted by Gasteiger charge is 2.12. The number of benzene rings is 2. The van der Waals surface area contributed by atoms with E-state index in [-0.39, 0.29) is 0 Å². The third-order valence-corrected chi connectivity index (χ3v) is 4.70. The van der Waals surface area contributed by atoms with E-state index < -0.39 is 0 Å². The third kappa shape index (κ3) is 3.94. The van der Waals surface area contributed by atoms with Crippen LogP contribution in [-0.2, 0) is 19.4 Å². The van der Waals surface area contributed by atoms with Gasteiger partial charge in [0.15, 0.2) is 11.5 Å². The Labute approximate surface area is 158 Å². The second-order valence-corrected chi connectivity index (χ2v) is 6.58. The molecule has 3 aromatic rings. The molecule has 26 heavy (non-hydrogen) atoms. The van der Waals surface area contributed by atoms with Crippen molar-refractivity contribution in [1.29, 1.82) is 0 Å². The fourth-order valence-corrected chi connectivity index (χ4v) is 3.29. The Kier molecular flexibility index (Phi) is 6.01. The van der Waals surface area contributed by atoms with Gasteiger partial charge in [0.05, 0.1) is 25.3 Å². The molecule has 0 saturated heterocycles. The number of imidazole rings is 1. The first-order valence-electron chi connectivity index (χ1n) is 8.72. The Bertz CT molecular complexity index is 892. The second kappa shape index (κ2) is 8.43. The summed E-state index contributed by atoms with van der Waals surface area (Å²) in [5, 5.41) is 0.718. The molecule has 138 valence electrons. The van der Waals surface area contributed by atoms with Gasteiger partial charge in [-0.2, -0.15) is 0 Å². The van der Waals surface area contributed by atoms with Gasteiger partial charge in [0.25, 0.3) is 0 Å². The molecule has 5 nitrogen and oxygen atoms in total. The number of fused-ring (bicyclic) bond motifs is 1. The van der Waals surface area contributed by atoms with Crippen molar-refractivity contribution < 1.29 is 9.47 Å². The molecule has 0 aliphatic heterocycles. The average Bonchev–Trinajstić information content (AvgIpc) is 3.00. The monoisotopic (exact) mass is 373 g/mol.